The number of hydrogen-bond acceptors (Lipinski definition) is 9. The molecular formula is C6H15N9P3+. The minimum absolute atomic E-state index is 0.553. The summed E-state index contributed by atoms with van der Waals surface area (Å²) < 4.78 is 12.4. The first-order valence-electron chi connectivity index (χ1n) is 4.94. The van der Waals surface area contributed by atoms with Crippen molar-refractivity contribution in [3.05, 3.63) is 12.2 Å². The van der Waals surface area contributed by atoms with Crippen molar-refractivity contribution in [1.29, 1.82) is 0 Å². The fraction of sp³-hybridized carbons (Fsp3) is 0.667. The van der Waals surface area contributed by atoms with Gasteiger partial charge < -0.3 is 28.7 Å². The normalized spacial score (nSPS) is 35.2. The third kappa shape index (κ3) is 1.80. The molecule has 98 valence electrons. The van der Waals surface area contributed by atoms with Gasteiger partial charge in [-0.2, -0.15) is 0 Å². The molecule has 0 radical (unpaired) electrons. The van der Waals surface area contributed by atoms with Crippen LogP contribution < -0.4 is 34.4 Å². The lowest BCUT2D eigenvalue weighted by Gasteiger charge is -2.51. The minimum Gasteiger partial charge on any atom is -0.322 e. The topological polar surface area (TPSA) is 195 Å². The smallest absolute Gasteiger partial charge is 0.322 e. The first-order valence-corrected chi connectivity index (χ1v) is 7.79. The van der Waals surface area contributed by atoms with Gasteiger partial charge in [-0.25, -0.2) is 0 Å². The summed E-state index contributed by atoms with van der Waals surface area (Å²) in [5.41, 5.74) is 33.0. The van der Waals surface area contributed by atoms with Crippen LogP contribution in [0.3, 0.4) is 0 Å². The van der Waals surface area contributed by atoms with Crippen molar-refractivity contribution in [2.45, 2.75) is 22.6 Å². The number of nitrogens with zero attached hydrogens (tertiary/aromatic N) is 3. The largest absolute Gasteiger partial charge is 0.346 e. The molecule has 1 aromatic rings. The van der Waals surface area contributed by atoms with E-state index in [-0.39, 0.29) is 0 Å². The molecule has 1 aliphatic rings. The third-order valence-electron chi connectivity index (χ3n) is 3.15. The van der Waals surface area contributed by atoms with E-state index in [9.17, 15) is 0 Å². The number of rotatable bonds is 1. The van der Waals surface area contributed by atoms with E-state index < -0.39 is 30.5 Å². The van der Waals surface area contributed by atoms with Gasteiger partial charge in [0, 0.05) is 0 Å². The molecule has 0 bridgehead atoms. The monoisotopic (exact) mass is 306 g/mol. The third-order valence-corrected chi connectivity index (χ3v) is 6.97. The lowest BCUT2D eigenvalue weighted by atomic mass is 9.78. The van der Waals surface area contributed by atoms with E-state index in [2.05, 4.69) is 13.5 Å². The van der Waals surface area contributed by atoms with Gasteiger partial charge in [0.1, 0.15) is 11.3 Å². The summed E-state index contributed by atoms with van der Waals surface area (Å²) in [5.74, 6) is 0. The van der Waals surface area contributed by atoms with Crippen molar-refractivity contribution in [3.8, 4) is 0 Å². The van der Waals surface area contributed by atoms with Gasteiger partial charge in [0.2, 0.25) is 7.85 Å². The first kappa shape index (κ1) is 14.2. The Morgan fingerprint density at radius 3 is 2.17 bits per heavy atom. The summed E-state index contributed by atoms with van der Waals surface area (Å²) in [6.07, 6.45) is 3.22. The molecule has 2 atom stereocenters. The second-order valence-corrected chi connectivity index (χ2v) is 8.07. The highest BCUT2D eigenvalue weighted by atomic mass is 31.2. The summed E-state index contributed by atoms with van der Waals surface area (Å²) in [6.45, 7) is 0. The molecule has 12 N–H and O–H groups in total. The molecule has 0 saturated carbocycles. The van der Waals surface area contributed by atoms with Gasteiger partial charge in [-0.05, 0) is 19.6 Å². The summed E-state index contributed by atoms with van der Waals surface area (Å²) >= 11 is 0. The molecule has 18 heavy (non-hydrogen) atoms. The zero-order valence-corrected chi connectivity index (χ0v) is 12.1. The molecule has 0 spiro atoms. The predicted octanol–water partition coefficient (Wildman–Crippen LogP) is -1.96. The van der Waals surface area contributed by atoms with Gasteiger partial charge in [0.05, 0.1) is 6.04 Å². The minimum atomic E-state index is -1.63. The van der Waals surface area contributed by atoms with Crippen LogP contribution in [0, 0.1) is 0 Å². The molecule has 0 aliphatic heterocycles. The quantitative estimate of drug-likeness (QED) is 0.252. The molecule has 0 amide bonds. The Morgan fingerprint density at radius 2 is 1.61 bits per heavy atom. The lowest BCUT2D eigenvalue weighted by molar-refractivity contribution is 0.146. The van der Waals surface area contributed by atoms with Crippen molar-refractivity contribution in [2.24, 2.45) is 34.4 Å². The van der Waals surface area contributed by atoms with E-state index >= 15 is 0 Å². The summed E-state index contributed by atoms with van der Waals surface area (Å²) in [6, 6.07) is -0.691. The van der Waals surface area contributed by atoms with E-state index in [0.717, 1.165) is 0 Å². The van der Waals surface area contributed by atoms with Crippen molar-refractivity contribution >= 4 is 24.9 Å². The van der Waals surface area contributed by atoms with Gasteiger partial charge in [-0.15, -0.1) is 0 Å². The van der Waals surface area contributed by atoms with Crippen LogP contribution in [-0.2, 0) is 5.28 Å². The fourth-order valence-corrected chi connectivity index (χ4v) is 5.77. The average Bonchev–Trinajstić information content (AvgIpc) is 2.34. The van der Waals surface area contributed by atoms with Crippen LogP contribution in [0.25, 0.3) is 0 Å². The maximum Gasteiger partial charge on any atom is 0.346 e. The number of aromatic nitrogens is 3. The molecule has 0 saturated heterocycles. The zero-order chi connectivity index (χ0) is 13.6. The molecule has 0 fully saturated rings. The summed E-state index contributed by atoms with van der Waals surface area (Å²) in [5, 5.41) is -1.24. The van der Waals surface area contributed by atoms with Crippen LogP contribution in [0.2, 0.25) is 0 Å². The van der Waals surface area contributed by atoms with Gasteiger partial charge >= 0.3 is 17.0 Å². The predicted molar refractivity (Wildman–Crippen MR) is 73.5 cm³/mol. The maximum absolute atomic E-state index is 6.29. The van der Waals surface area contributed by atoms with E-state index in [0.29, 0.717) is 17.0 Å². The second-order valence-electron chi connectivity index (χ2n) is 4.25. The average molecular weight is 306 g/mol. The Bertz CT molecular complexity index is 476. The number of hydrogen-bond donors (Lipinski definition) is 6. The standard InChI is InChI=1S/C6H15N9P3/c7-3-1-2-4(8,6(11,12)5(3,9)10)18-14-16-13-17-15-18/h1-3H,7-12H2/q+1. The highest BCUT2D eigenvalue weighted by Crippen LogP contribution is 2.47. The fourth-order valence-electron chi connectivity index (χ4n) is 1.70. The Kier molecular flexibility index (Phi) is 3.49. The van der Waals surface area contributed by atoms with Crippen LogP contribution in [-0.4, -0.2) is 30.9 Å². The van der Waals surface area contributed by atoms with Crippen LogP contribution in [0.1, 0.15) is 0 Å². The van der Waals surface area contributed by atoms with E-state index in [1.165, 1.54) is 0 Å². The molecule has 2 unspecified atom stereocenters. The van der Waals surface area contributed by atoms with E-state index in [1.807, 2.05) is 0 Å². The van der Waals surface area contributed by atoms with Crippen molar-refractivity contribution in [3.63, 3.8) is 0 Å². The van der Waals surface area contributed by atoms with Crippen LogP contribution in [0.4, 0.5) is 0 Å². The van der Waals surface area contributed by atoms with Crippen molar-refractivity contribution < 1.29 is 0 Å². The highest BCUT2D eigenvalue weighted by molar-refractivity contribution is 7.54. The summed E-state index contributed by atoms with van der Waals surface area (Å²) in [7, 11) is -0.275. The molecule has 9 nitrogen and oxygen atoms in total. The Labute approximate surface area is 108 Å². The number of nitrogens with two attached hydrogens (primary N) is 6. The van der Waals surface area contributed by atoms with Crippen molar-refractivity contribution in [1.82, 2.24) is 13.5 Å². The Hall–Kier alpha value is -0.200. The van der Waals surface area contributed by atoms with Crippen molar-refractivity contribution in [2.75, 3.05) is 0 Å². The Balaban J connectivity index is 2.61. The molecule has 1 aromatic heterocycles. The van der Waals surface area contributed by atoms with Gasteiger partial charge in [0.25, 0.3) is 0 Å². The zero-order valence-electron chi connectivity index (χ0n) is 9.38. The lowest BCUT2D eigenvalue weighted by Crippen LogP contribution is -2.89. The maximum atomic E-state index is 6.29. The SMILES string of the molecule is NC1C=CC(N)([p+]2npnpn2)C(N)(N)C1(N)N. The van der Waals surface area contributed by atoms with Gasteiger partial charge in [-0.1, -0.05) is 6.08 Å². The Morgan fingerprint density at radius 1 is 1.06 bits per heavy atom. The first-order chi connectivity index (χ1) is 8.23. The van der Waals surface area contributed by atoms with Crippen LogP contribution in [0.15, 0.2) is 12.2 Å². The van der Waals surface area contributed by atoms with Gasteiger partial charge in [0.15, 0.2) is 5.28 Å². The van der Waals surface area contributed by atoms with Gasteiger partial charge in [-0.3, -0.25) is 5.73 Å². The second kappa shape index (κ2) is 4.42. The summed E-state index contributed by atoms with van der Waals surface area (Å²) in [4.78, 5) is 0. The van der Waals surface area contributed by atoms with Crippen LogP contribution in [0.5, 0.6) is 0 Å². The molecule has 0 aromatic carbocycles. The molecule has 12 heteroatoms. The highest BCUT2D eigenvalue weighted by Gasteiger charge is 2.62. The van der Waals surface area contributed by atoms with E-state index in [1.54, 1.807) is 12.2 Å². The molecule has 1 heterocycles. The molecular weight excluding hydrogens is 291 g/mol. The molecule has 1 aliphatic carbocycles. The van der Waals surface area contributed by atoms with E-state index in [4.69, 9.17) is 34.4 Å². The molecule has 2 rings (SSSR count). The van der Waals surface area contributed by atoms with Crippen LogP contribution >= 0.6 is 24.9 Å².